The van der Waals surface area contributed by atoms with Crippen molar-refractivity contribution in [1.29, 1.82) is 0 Å². The first-order valence-electron chi connectivity index (χ1n) is 7.49. The molecular formula is C16H22N2O. The van der Waals surface area contributed by atoms with Crippen LogP contribution < -0.4 is 10.6 Å². The molecule has 0 saturated heterocycles. The number of anilines is 1. The molecule has 3 heteroatoms. The average molecular weight is 258 g/mol. The Morgan fingerprint density at radius 3 is 2.58 bits per heavy atom. The van der Waals surface area contributed by atoms with E-state index in [1.807, 2.05) is 6.07 Å². The van der Waals surface area contributed by atoms with Crippen molar-refractivity contribution in [3.63, 3.8) is 0 Å². The zero-order chi connectivity index (χ0) is 13.1. The Kier molecular flexibility index (Phi) is 3.72. The first kappa shape index (κ1) is 12.5. The van der Waals surface area contributed by atoms with Crippen LogP contribution in [-0.2, 0) is 0 Å². The molecule has 2 amide bonds. The van der Waals surface area contributed by atoms with Crippen LogP contribution >= 0.6 is 0 Å². The van der Waals surface area contributed by atoms with Gasteiger partial charge in [0.1, 0.15) is 0 Å². The Bertz CT molecular complexity index is 448. The predicted octanol–water partition coefficient (Wildman–Crippen LogP) is 4.02. The molecule has 19 heavy (non-hydrogen) atoms. The number of hydrogen-bond donors (Lipinski definition) is 2. The number of carbonyl (C=O) groups excluding carboxylic acids is 1. The molecule has 0 bridgehead atoms. The molecule has 0 unspecified atom stereocenters. The Hall–Kier alpha value is -1.51. The summed E-state index contributed by atoms with van der Waals surface area (Å²) in [6.07, 6.45) is 8.87. The maximum atomic E-state index is 11.7. The van der Waals surface area contributed by atoms with Gasteiger partial charge in [-0.15, -0.1) is 0 Å². The fourth-order valence-corrected chi connectivity index (χ4v) is 2.89. The minimum atomic E-state index is -0.0664. The van der Waals surface area contributed by atoms with Crippen molar-refractivity contribution in [1.82, 2.24) is 5.32 Å². The van der Waals surface area contributed by atoms with Gasteiger partial charge in [-0.05, 0) is 49.3 Å². The lowest BCUT2D eigenvalue weighted by Gasteiger charge is -2.22. The lowest BCUT2D eigenvalue weighted by molar-refractivity contribution is 0.251. The van der Waals surface area contributed by atoms with Gasteiger partial charge >= 0.3 is 6.03 Å². The van der Waals surface area contributed by atoms with Crippen LogP contribution in [0.2, 0.25) is 0 Å². The lowest BCUT2D eigenvalue weighted by Crippen LogP contribution is -2.30. The van der Waals surface area contributed by atoms with E-state index < -0.39 is 0 Å². The first-order valence-corrected chi connectivity index (χ1v) is 7.49. The molecule has 2 saturated carbocycles. The average Bonchev–Trinajstić information content (AvgIpc) is 3.24. The molecule has 0 atom stereocenters. The van der Waals surface area contributed by atoms with Gasteiger partial charge in [-0.25, -0.2) is 4.79 Å². The maximum absolute atomic E-state index is 11.7. The van der Waals surface area contributed by atoms with Crippen molar-refractivity contribution in [2.45, 2.75) is 56.9 Å². The summed E-state index contributed by atoms with van der Waals surface area (Å²) in [5.41, 5.74) is 2.30. The minimum Gasteiger partial charge on any atom is -0.335 e. The van der Waals surface area contributed by atoms with E-state index in [1.54, 1.807) is 0 Å². The summed E-state index contributed by atoms with van der Waals surface area (Å²) in [6.45, 7) is 0. The van der Waals surface area contributed by atoms with Gasteiger partial charge in [0, 0.05) is 11.7 Å². The van der Waals surface area contributed by atoms with Gasteiger partial charge in [0.2, 0.25) is 0 Å². The van der Waals surface area contributed by atoms with Gasteiger partial charge in [0.25, 0.3) is 0 Å². The second-order valence-electron chi connectivity index (χ2n) is 5.83. The van der Waals surface area contributed by atoms with Crippen LogP contribution in [0.3, 0.4) is 0 Å². The molecular weight excluding hydrogens is 236 g/mol. The summed E-state index contributed by atoms with van der Waals surface area (Å²) in [5, 5.41) is 5.89. The lowest BCUT2D eigenvalue weighted by atomic mass is 9.84. The quantitative estimate of drug-likeness (QED) is 0.844. The summed E-state index contributed by atoms with van der Waals surface area (Å²) in [6, 6.07) is 8.70. The minimum absolute atomic E-state index is 0.0664. The molecule has 3 nitrogen and oxygen atoms in total. The predicted molar refractivity (Wildman–Crippen MR) is 77.4 cm³/mol. The highest BCUT2D eigenvalue weighted by Crippen LogP contribution is 2.33. The van der Waals surface area contributed by atoms with E-state index in [1.165, 1.54) is 37.7 Å². The Morgan fingerprint density at radius 1 is 1.05 bits per heavy atom. The number of carbonyl (C=O) groups is 1. The number of nitrogens with one attached hydrogen (secondary N) is 2. The van der Waals surface area contributed by atoms with Crippen LogP contribution in [0, 0.1) is 0 Å². The molecule has 2 aliphatic carbocycles. The molecule has 2 fully saturated rings. The van der Waals surface area contributed by atoms with Gasteiger partial charge < -0.3 is 10.6 Å². The Balaban J connectivity index is 1.62. The van der Waals surface area contributed by atoms with Crippen molar-refractivity contribution < 1.29 is 4.79 Å². The molecule has 1 aromatic carbocycles. The number of hydrogen-bond acceptors (Lipinski definition) is 1. The van der Waals surface area contributed by atoms with E-state index in [0.717, 1.165) is 18.5 Å². The van der Waals surface area contributed by atoms with Crippen molar-refractivity contribution in [3.8, 4) is 0 Å². The Labute approximate surface area is 114 Å². The van der Waals surface area contributed by atoms with Crippen LogP contribution in [0.5, 0.6) is 0 Å². The van der Waals surface area contributed by atoms with Gasteiger partial charge in [-0.3, -0.25) is 0 Å². The summed E-state index contributed by atoms with van der Waals surface area (Å²) in [5.74, 6) is 0.682. The molecule has 0 aliphatic heterocycles. The smallest absolute Gasteiger partial charge is 0.319 e. The highest BCUT2D eigenvalue weighted by molar-refractivity contribution is 5.89. The van der Waals surface area contributed by atoms with Crippen LogP contribution in [0.4, 0.5) is 10.5 Å². The van der Waals surface area contributed by atoms with Crippen molar-refractivity contribution >= 4 is 11.7 Å². The van der Waals surface area contributed by atoms with Crippen LogP contribution in [0.1, 0.15) is 56.4 Å². The zero-order valence-corrected chi connectivity index (χ0v) is 11.3. The molecule has 0 aromatic heterocycles. The SMILES string of the molecule is O=C(Nc1cccc(C2CCCCC2)c1)NC1CC1. The van der Waals surface area contributed by atoms with E-state index in [2.05, 4.69) is 28.8 Å². The molecule has 1 aromatic rings. The van der Waals surface area contributed by atoms with Crippen molar-refractivity contribution in [2.24, 2.45) is 0 Å². The normalized spacial score (nSPS) is 20.0. The van der Waals surface area contributed by atoms with Crippen LogP contribution in [-0.4, -0.2) is 12.1 Å². The third-order valence-corrected chi connectivity index (χ3v) is 4.13. The van der Waals surface area contributed by atoms with Crippen molar-refractivity contribution in [2.75, 3.05) is 5.32 Å². The van der Waals surface area contributed by atoms with Crippen LogP contribution in [0.15, 0.2) is 24.3 Å². The summed E-state index contributed by atoms with van der Waals surface area (Å²) in [7, 11) is 0. The topological polar surface area (TPSA) is 41.1 Å². The number of urea groups is 1. The molecule has 0 spiro atoms. The van der Waals surface area contributed by atoms with E-state index in [-0.39, 0.29) is 6.03 Å². The monoisotopic (exact) mass is 258 g/mol. The maximum Gasteiger partial charge on any atom is 0.319 e. The highest BCUT2D eigenvalue weighted by atomic mass is 16.2. The summed E-state index contributed by atoms with van der Waals surface area (Å²) >= 11 is 0. The van der Waals surface area contributed by atoms with E-state index in [0.29, 0.717) is 12.0 Å². The molecule has 102 valence electrons. The fourth-order valence-electron chi connectivity index (χ4n) is 2.89. The molecule has 0 radical (unpaired) electrons. The van der Waals surface area contributed by atoms with E-state index in [4.69, 9.17) is 0 Å². The zero-order valence-electron chi connectivity index (χ0n) is 11.3. The summed E-state index contributed by atoms with van der Waals surface area (Å²) < 4.78 is 0. The molecule has 2 N–H and O–H groups in total. The van der Waals surface area contributed by atoms with Crippen molar-refractivity contribution in [3.05, 3.63) is 29.8 Å². The third-order valence-electron chi connectivity index (χ3n) is 4.13. The standard InChI is InChI=1S/C16H22N2O/c19-16(17-14-9-10-14)18-15-8-4-7-13(11-15)12-5-2-1-3-6-12/h4,7-8,11-12,14H,1-3,5-6,9-10H2,(H2,17,18,19). The Morgan fingerprint density at radius 2 is 1.84 bits per heavy atom. The molecule has 2 aliphatic rings. The van der Waals surface area contributed by atoms with Gasteiger partial charge in [-0.1, -0.05) is 31.4 Å². The number of amides is 2. The molecule has 3 rings (SSSR count). The second kappa shape index (κ2) is 5.64. The molecule has 0 heterocycles. The van der Waals surface area contributed by atoms with Crippen LogP contribution in [0.25, 0.3) is 0 Å². The largest absolute Gasteiger partial charge is 0.335 e. The fraction of sp³-hybridized carbons (Fsp3) is 0.562. The van der Waals surface area contributed by atoms with E-state index >= 15 is 0 Å². The van der Waals surface area contributed by atoms with E-state index in [9.17, 15) is 4.79 Å². The van der Waals surface area contributed by atoms with Gasteiger partial charge in [-0.2, -0.15) is 0 Å². The number of benzene rings is 1. The van der Waals surface area contributed by atoms with Gasteiger partial charge in [0.15, 0.2) is 0 Å². The van der Waals surface area contributed by atoms with Gasteiger partial charge in [0.05, 0.1) is 0 Å². The number of rotatable bonds is 3. The first-order chi connectivity index (χ1) is 9.31. The third kappa shape index (κ3) is 3.49. The second-order valence-corrected chi connectivity index (χ2v) is 5.83. The summed E-state index contributed by atoms with van der Waals surface area (Å²) in [4.78, 5) is 11.7. The highest BCUT2D eigenvalue weighted by Gasteiger charge is 2.23.